The van der Waals surface area contributed by atoms with Gasteiger partial charge in [-0.05, 0) is 44.4 Å². The molecule has 0 radical (unpaired) electrons. The van der Waals surface area contributed by atoms with Crippen molar-refractivity contribution in [1.29, 1.82) is 0 Å². The molecule has 29 heavy (non-hydrogen) atoms. The number of amides is 1. The standard InChI is InChI=1S/C20H32N6OS.HI/c1-20(8-4-12-28-20)14-25-19(22-2)24-13-16-5-3-9-23-18(16)26-10-6-15(7-11-26)17(21)27;/h3,5,9,15H,4,6-8,10-14H2,1-2H3,(H2,21,27)(H2,22,24,25);1H. The summed E-state index contributed by atoms with van der Waals surface area (Å²) in [6.07, 6.45) is 5.94. The fourth-order valence-corrected chi connectivity index (χ4v) is 5.12. The maximum atomic E-state index is 11.4. The van der Waals surface area contributed by atoms with E-state index in [0.717, 1.165) is 49.8 Å². The van der Waals surface area contributed by atoms with Crippen LogP contribution in [0, 0.1) is 5.92 Å². The minimum absolute atomic E-state index is 0. The molecule has 1 amide bonds. The zero-order valence-corrected chi connectivity index (χ0v) is 20.5. The molecule has 162 valence electrons. The molecule has 0 bridgehead atoms. The molecule has 0 aliphatic carbocycles. The van der Waals surface area contributed by atoms with E-state index >= 15 is 0 Å². The third-order valence-corrected chi connectivity index (χ3v) is 7.20. The van der Waals surface area contributed by atoms with Crippen molar-refractivity contribution >= 4 is 53.4 Å². The van der Waals surface area contributed by atoms with E-state index in [0.29, 0.717) is 11.3 Å². The number of nitrogens with zero attached hydrogens (tertiary/aromatic N) is 3. The molecule has 3 rings (SSSR count). The van der Waals surface area contributed by atoms with Crippen molar-refractivity contribution in [2.24, 2.45) is 16.6 Å². The molecule has 1 aromatic heterocycles. The van der Waals surface area contributed by atoms with Crippen LogP contribution in [0.25, 0.3) is 0 Å². The summed E-state index contributed by atoms with van der Waals surface area (Å²) in [6, 6.07) is 4.06. The van der Waals surface area contributed by atoms with Crippen molar-refractivity contribution in [2.45, 2.75) is 43.9 Å². The van der Waals surface area contributed by atoms with Crippen molar-refractivity contribution in [2.75, 3.05) is 37.3 Å². The lowest BCUT2D eigenvalue weighted by molar-refractivity contribution is -0.122. The summed E-state index contributed by atoms with van der Waals surface area (Å²) < 4.78 is 0.294. The summed E-state index contributed by atoms with van der Waals surface area (Å²) >= 11 is 2.04. The molecule has 7 nitrogen and oxygen atoms in total. The Morgan fingerprint density at radius 3 is 2.79 bits per heavy atom. The van der Waals surface area contributed by atoms with E-state index in [2.05, 4.69) is 38.5 Å². The highest BCUT2D eigenvalue weighted by Gasteiger charge is 2.29. The van der Waals surface area contributed by atoms with Crippen molar-refractivity contribution in [3.63, 3.8) is 0 Å². The first-order chi connectivity index (χ1) is 13.5. The number of guanidine groups is 1. The molecule has 1 unspecified atom stereocenters. The lowest BCUT2D eigenvalue weighted by Gasteiger charge is -2.32. The number of halogens is 1. The molecular weight excluding hydrogens is 499 g/mol. The Morgan fingerprint density at radius 1 is 1.41 bits per heavy atom. The second-order valence-corrected chi connectivity index (χ2v) is 9.51. The molecule has 0 spiro atoms. The van der Waals surface area contributed by atoms with E-state index in [4.69, 9.17) is 5.73 Å². The lowest BCUT2D eigenvalue weighted by Crippen LogP contribution is -2.43. The zero-order valence-electron chi connectivity index (χ0n) is 17.3. The minimum Gasteiger partial charge on any atom is -0.369 e. The van der Waals surface area contributed by atoms with Gasteiger partial charge in [0.15, 0.2) is 5.96 Å². The summed E-state index contributed by atoms with van der Waals surface area (Å²) in [6.45, 7) is 5.50. The molecule has 2 fully saturated rings. The second-order valence-electron chi connectivity index (χ2n) is 7.83. The summed E-state index contributed by atoms with van der Waals surface area (Å²) in [5.74, 6) is 2.84. The maximum Gasteiger partial charge on any atom is 0.220 e. The number of aromatic nitrogens is 1. The van der Waals surface area contributed by atoms with Gasteiger partial charge in [0.25, 0.3) is 0 Å². The van der Waals surface area contributed by atoms with Crippen LogP contribution >= 0.6 is 35.7 Å². The first-order valence-electron chi connectivity index (χ1n) is 10.1. The van der Waals surface area contributed by atoms with Crippen LogP contribution in [-0.2, 0) is 11.3 Å². The number of nitrogens with two attached hydrogens (primary N) is 1. The molecular formula is C20H33IN6OS. The Kier molecular flexibility index (Phi) is 9.32. The van der Waals surface area contributed by atoms with Gasteiger partial charge in [0.1, 0.15) is 5.82 Å². The highest BCUT2D eigenvalue weighted by atomic mass is 127. The van der Waals surface area contributed by atoms with Crippen LogP contribution in [0.3, 0.4) is 0 Å². The summed E-state index contributed by atoms with van der Waals surface area (Å²) in [7, 11) is 1.80. The number of thioether (sulfide) groups is 1. The number of carbonyl (C=O) groups is 1. The van der Waals surface area contributed by atoms with E-state index in [1.54, 1.807) is 7.05 Å². The van der Waals surface area contributed by atoms with E-state index in [1.165, 1.54) is 18.6 Å². The zero-order chi connectivity index (χ0) is 20.0. The van der Waals surface area contributed by atoms with Crippen LogP contribution in [-0.4, -0.2) is 54.0 Å². The predicted molar refractivity (Wildman–Crippen MR) is 132 cm³/mol. The fourth-order valence-electron chi connectivity index (χ4n) is 3.88. The Morgan fingerprint density at radius 2 is 2.17 bits per heavy atom. The monoisotopic (exact) mass is 532 g/mol. The van der Waals surface area contributed by atoms with E-state index in [1.807, 2.05) is 24.0 Å². The molecule has 2 aliphatic rings. The van der Waals surface area contributed by atoms with Gasteiger partial charge in [-0.3, -0.25) is 9.79 Å². The molecule has 2 saturated heterocycles. The van der Waals surface area contributed by atoms with Crippen molar-refractivity contribution in [3.05, 3.63) is 23.9 Å². The van der Waals surface area contributed by atoms with Gasteiger partial charge in [0, 0.05) is 55.7 Å². The highest BCUT2D eigenvalue weighted by Crippen LogP contribution is 2.36. The smallest absolute Gasteiger partial charge is 0.220 e. The topological polar surface area (TPSA) is 95.6 Å². The average molecular weight is 532 g/mol. The highest BCUT2D eigenvalue weighted by molar-refractivity contribution is 14.0. The van der Waals surface area contributed by atoms with Crippen LogP contribution in [0.5, 0.6) is 0 Å². The number of anilines is 1. The number of hydrogen-bond donors (Lipinski definition) is 3. The van der Waals surface area contributed by atoms with Crippen molar-refractivity contribution < 1.29 is 4.79 Å². The molecule has 4 N–H and O–H groups in total. The van der Waals surface area contributed by atoms with Crippen LogP contribution in [0.2, 0.25) is 0 Å². The number of rotatable bonds is 6. The van der Waals surface area contributed by atoms with E-state index < -0.39 is 0 Å². The first-order valence-corrected chi connectivity index (χ1v) is 11.1. The van der Waals surface area contributed by atoms with Crippen LogP contribution in [0.1, 0.15) is 38.2 Å². The van der Waals surface area contributed by atoms with Gasteiger partial charge in [-0.2, -0.15) is 11.8 Å². The number of hydrogen-bond acceptors (Lipinski definition) is 5. The van der Waals surface area contributed by atoms with Gasteiger partial charge in [-0.15, -0.1) is 24.0 Å². The quantitative estimate of drug-likeness (QED) is 0.296. The fraction of sp³-hybridized carbons (Fsp3) is 0.650. The normalized spacial score (nSPS) is 22.8. The van der Waals surface area contributed by atoms with E-state index in [-0.39, 0.29) is 35.8 Å². The van der Waals surface area contributed by atoms with Gasteiger partial charge >= 0.3 is 0 Å². The van der Waals surface area contributed by atoms with Crippen LogP contribution in [0.4, 0.5) is 5.82 Å². The largest absolute Gasteiger partial charge is 0.369 e. The lowest BCUT2D eigenvalue weighted by atomic mass is 9.96. The Hall–Kier alpha value is -1.23. The van der Waals surface area contributed by atoms with Gasteiger partial charge in [-0.25, -0.2) is 4.98 Å². The number of primary amides is 1. The molecule has 2 aliphatic heterocycles. The number of pyridine rings is 1. The molecule has 0 aromatic carbocycles. The molecule has 1 aromatic rings. The van der Waals surface area contributed by atoms with Crippen molar-refractivity contribution in [1.82, 2.24) is 15.6 Å². The average Bonchev–Trinajstić information content (AvgIpc) is 3.15. The van der Waals surface area contributed by atoms with Gasteiger partial charge in [-0.1, -0.05) is 6.07 Å². The van der Waals surface area contributed by atoms with Crippen LogP contribution < -0.4 is 21.3 Å². The number of piperidine rings is 1. The molecule has 1 atom stereocenters. The van der Waals surface area contributed by atoms with E-state index in [9.17, 15) is 4.79 Å². The predicted octanol–water partition coefficient (Wildman–Crippen LogP) is 2.35. The SMILES string of the molecule is CN=C(NCc1cccnc1N1CCC(C(N)=O)CC1)NCC1(C)CCCS1.I. The Labute approximate surface area is 195 Å². The van der Waals surface area contributed by atoms with Gasteiger partial charge < -0.3 is 21.3 Å². The number of aliphatic imine (C=N–C) groups is 1. The summed E-state index contributed by atoms with van der Waals surface area (Å²) in [5, 5.41) is 6.89. The van der Waals surface area contributed by atoms with Crippen molar-refractivity contribution in [3.8, 4) is 0 Å². The van der Waals surface area contributed by atoms with Crippen LogP contribution in [0.15, 0.2) is 23.3 Å². The Balaban J connectivity index is 0.00000300. The van der Waals surface area contributed by atoms with Gasteiger partial charge in [0.05, 0.1) is 0 Å². The number of nitrogens with one attached hydrogen (secondary N) is 2. The second kappa shape index (κ2) is 11.2. The third-order valence-electron chi connectivity index (χ3n) is 5.66. The molecule has 9 heteroatoms. The summed E-state index contributed by atoms with van der Waals surface area (Å²) in [5.41, 5.74) is 6.58. The summed E-state index contributed by atoms with van der Waals surface area (Å²) in [4.78, 5) is 22.6. The minimum atomic E-state index is -0.188. The Bertz CT molecular complexity index is 702. The number of carbonyl (C=O) groups excluding carboxylic acids is 1. The maximum absolute atomic E-state index is 11.4. The molecule has 3 heterocycles. The third kappa shape index (κ3) is 6.63. The molecule has 0 saturated carbocycles. The first kappa shape index (κ1) is 24.0. The van der Waals surface area contributed by atoms with Gasteiger partial charge in [0.2, 0.25) is 5.91 Å².